The minimum Gasteiger partial charge on any atom is -0.345 e. The number of hydrogen-bond acceptors (Lipinski definition) is 3. The van der Waals surface area contributed by atoms with Gasteiger partial charge in [0, 0.05) is 24.9 Å². The lowest BCUT2D eigenvalue weighted by Gasteiger charge is -2.21. The number of thiocarbonyl (C=S) groups is 1. The first-order chi connectivity index (χ1) is 12.6. The van der Waals surface area contributed by atoms with Gasteiger partial charge >= 0.3 is 0 Å². The molecule has 2 unspecified atom stereocenters. The monoisotopic (exact) mass is 382 g/mol. The van der Waals surface area contributed by atoms with Crippen molar-refractivity contribution in [2.24, 2.45) is 11.8 Å². The maximum atomic E-state index is 12.3. The zero-order chi connectivity index (χ0) is 18.9. The van der Waals surface area contributed by atoms with E-state index in [0.717, 1.165) is 64.5 Å². The summed E-state index contributed by atoms with van der Waals surface area (Å²) in [6.45, 7) is 6.79. The zero-order valence-electron chi connectivity index (χ0n) is 16.3. The molecule has 26 heavy (non-hydrogen) atoms. The summed E-state index contributed by atoms with van der Waals surface area (Å²) in [5.74, 6) is 0.839. The highest BCUT2D eigenvalue weighted by Crippen LogP contribution is 2.23. The molecule has 148 valence electrons. The Labute approximate surface area is 163 Å². The van der Waals surface area contributed by atoms with Crippen LogP contribution in [0.5, 0.6) is 0 Å². The van der Waals surface area contributed by atoms with Crippen molar-refractivity contribution in [1.82, 2.24) is 20.4 Å². The summed E-state index contributed by atoms with van der Waals surface area (Å²) in [5, 5.41) is 6.71. The van der Waals surface area contributed by atoms with Crippen LogP contribution >= 0.6 is 12.2 Å². The molecule has 0 aromatic rings. The van der Waals surface area contributed by atoms with Crippen molar-refractivity contribution in [3.63, 3.8) is 0 Å². The Hall–Kier alpha value is -1.37. The van der Waals surface area contributed by atoms with Crippen molar-refractivity contribution in [3.8, 4) is 0 Å². The Balaban J connectivity index is 1.64. The molecule has 2 aliphatic rings. The summed E-state index contributed by atoms with van der Waals surface area (Å²) >= 11 is 5.30. The molecule has 2 aliphatic heterocycles. The SMILES string of the molecule is CCCCC1CCN(CNC(=S)NCN2CCC(CCCC)C2=O)C1=O. The first-order valence-electron chi connectivity index (χ1n) is 10.2. The molecule has 0 radical (unpaired) electrons. The molecule has 7 heteroatoms. The van der Waals surface area contributed by atoms with Crippen molar-refractivity contribution in [1.29, 1.82) is 0 Å². The molecular formula is C19H34N4O2S. The molecule has 2 amide bonds. The Morgan fingerprint density at radius 2 is 1.35 bits per heavy atom. The summed E-state index contributed by atoms with van der Waals surface area (Å²) in [6.07, 6.45) is 8.36. The minimum atomic E-state index is 0.181. The van der Waals surface area contributed by atoms with Crippen molar-refractivity contribution in [2.75, 3.05) is 26.4 Å². The van der Waals surface area contributed by atoms with Crippen molar-refractivity contribution < 1.29 is 9.59 Å². The van der Waals surface area contributed by atoms with Gasteiger partial charge < -0.3 is 20.4 Å². The van der Waals surface area contributed by atoms with Crippen LogP contribution < -0.4 is 10.6 Å². The lowest BCUT2D eigenvalue weighted by atomic mass is 10.0. The van der Waals surface area contributed by atoms with Gasteiger partial charge in [-0.05, 0) is 37.9 Å². The van der Waals surface area contributed by atoms with Crippen molar-refractivity contribution in [3.05, 3.63) is 0 Å². The number of likely N-dealkylation sites (tertiary alicyclic amines) is 2. The molecule has 0 aliphatic carbocycles. The van der Waals surface area contributed by atoms with E-state index in [1.165, 1.54) is 0 Å². The number of carbonyl (C=O) groups is 2. The summed E-state index contributed by atoms with van der Waals surface area (Å²) in [4.78, 5) is 28.3. The quantitative estimate of drug-likeness (QED) is 0.568. The van der Waals surface area contributed by atoms with E-state index < -0.39 is 0 Å². The number of hydrogen-bond donors (Lipinski definition) is 2. The van der Waals surface area contributed by atoms with Gasteiger partial charge in [-0.2, -0.15) is 0 Å². The molecule has 2 atom stereocenters. The number of nitrogens with zero attached hydrogens (tertiary/aromatic N) is 2. The normalized spacial score (nSPS) is 23.0. The van der Waals surface area contributed by atoms with Gasteiger partial charge in [-0.25, -0.2) is 0 Å². The van der Waals surface area contributed by atoms with E-state index in [-0.39, 0.29) is 23.7 Å². The molecule has 0 bridgehead atoms. The highest BCUT2D eigenvalue weighted by Gasteiger charge is 2.32. The number of nitrogens with one attached hydrogen (secondary N) is 2. The highest BCUT2D eigenvalue weighted by atomic mass is 32.1. The second-order valence-corrected chi connectivity index (χ2v) is 7.87. The lowest BCUT2D eigenvalue weighted by molar-refractivity contribution is -0.131. The van der Waals surface area contributed by atoms with E-state index in [0.29, 0.717) is 18.4 Å². The van der Waals surface area contributed by atoms with Crippen LogP contribution in [-0.2, 0) is 9.59 Å². The molecule has 2 N–H and O–H groups in total. The van der Waals surface area contributed by atoms with Gasteiger partial charge in [-0.15, -0.1) is 0 Å². The van der Waals surface area contributed by atoms with E-state index in [9.17, 15) is 9.59 Å². The maximum absolute atomic E-state index is 12.3. The smallest absolute Gasteiger partial charge is 0.227 e. The van der Waals surface area contributed by atoms with Crippen LogP contribution in [0.1, 0.15) is 65.2 Å². The second kappa shape index (κ2) is 10.7. The Morgan fingerprint density at radius 1 is 0.923 bits per heavy atom. The fourth-order valence-electron chi connectivity index (χ4n) is 3.75. The first kappa shape index (κ1) is 20.9. The topological polar surface area (TPSA) is 64.7 Å². The van der Waals surface area contributed by atoms with Gasteiger partial charge in [0.15, 0.2) is 5.11 Å². The van der Waals surface area contributed by atoms with Crippen LogP contribution in [0.25, 0.3) is 0 Å². The largest absolute Gasteiger partial charge is 0.345 e. The molecule has 0 spiro atoms. The van der Waals surface area contributed by atoms with Gasteiger partial charge in [0.2, 0.25) is 11.8 Å². The molecule has 2 rings (SSSR count). The van der Waals surface area contributed by atoms with Crippen LogP contribution in [-0.4, -0.2) is 53.2 Å². The summed E-state index contributed by atoms with van der Waals surface area (Å²) in [5.41, 5.74) is 0. The van der Waals surface area contributed by atoms with Crippen LogP contribution in [0.2, 0.25) is 0 Å². The van der Waals surface area contributed by atoms with E-state index in [1.54, 1.807) is 0 Å². The van der Waals surface area contributed by atoms with Crippen molar-refractivity contribution >= 4 is 29.1 Å². The molecule has 0 aromatic carbocycles. The van der Waals surface area contributed by atoms with Gasteiger partial charge in [-0.3, -0.25) is 9.59 Å². The summed E-state index contributed by atoms with van der Waals surface area (Å²) in [6, 6.07) is 0. The highest BCUT2D eigenvalue weighted by molar-refractivity contribution is 7.80. The van der Waals surface area contributed by atoms with E-state index in [1.807, 2.05) is 9.80 Å². The first-order valence-corrected chi connectivity index (χ1v) is 10.6. The van der Waals surface area contributed by atoms with Crippen LogP contribution in [0.15, 0.2) is 0 Å². The minimum absolute atomic E-state index is 0.181. The molecule has 0 saturated carbocycles. The zero-order valence-corrected chi connectivity index (χ0v) is 17.1. The Kier molecular flexibility index (Phi) is 8.62. The molecule has 6 nitrogen and oxygen atoms in total. The second-order valence-electron chi connectivity index (χ2n) is 7.46. The van der Waals surface area contributed by atoms with Gasteiger partial charge in [0.05, 0.1) is 13.3 Å². The standard InChI is InChI=1S/C19H34N4O2S/c1-3-5-7-15-9-11-22(17(15)24)13-20-19(26)21-14-23-12-10-16(18(23)25)8-6-4-2/h15-16H,3-14H2,1-2H3,(H2,20,21,26). The van der Waals surface area contributed by atoms with E-state index in [2.05, 4.69) is 24.5 Å². The average Bonchev–Trinajstić information content (AvgIpc) is 3.17. The fourth-order valence-corrected chi connectivity index (χ4v) is 3.88. The third-order valence-corrected chi connectivity index (χ3v) is 5.78. The number of unbranched alkanes of at least 4 members (excludes halogenated alkanes) is 2. The van der Waals surface area contributed by atoms with E-state index in [4.69, 9.17) is 12.2 Å². The number of amides is 2. The van der Waals surface area contributed by atoms with Gasteiger partial charge in [-0.1, -0.05) is 39.5 Å². The van der Waals surface area contributed by atoms with Crippen LogP contribution in [0, 0.1) is 11.8 Å². The third-order valence-electron chi connectivity index (χ3n) is 5.49. The Bertz CT molecular complexity index is 458. The third kappa shape index (κ3) is 5.83. The average molecular weight is 383 g/mol. The number of carbonyl (C=O) groups excluding carboxylic acids is 2. The predicted molar refractivity (Wildman–Crippen MR) is 107 cm³/mol. The fraction of sp³-hybridized carbons (Fsp3) is 0.842. The van der Waals surface area contributed by atoms with E-state index >= 15 is 0 Å². The van der Waals surface area contributed by atoms with Crippen LogP contribution in [0.3, 0.4) is 0 Å². The maximum Gasteiger partial charge on any atom is 0.227 e. The summed E-state index contributed by atoms with van der Waals surface area (Å²) < 4.78 is 0. The Morgan fingerprint density at radius 3 is 1.73 bits per heavy atom. The van der Waals surface area contributed by atoms with Crippen LogP contribution in [0.4, 0.5) is 0 Å². The molecule has 2 saturated heterocycles. The molecule has 2 heterocycles. The molecule has 2 fully saturated rings. The lowest BCUT2D eigenvalue weighted by Crippen LogP contribution is -2.47. The van der Waals surface area contributed by atoms with Gasteiger partial charge in [0.25, 0.3) is 0 Å². The number of rotatable bonds is 10. The van der Waals surface area contributed by atoms with Gasteiger partial charge in [0.1, 0.15) is 0 Å². The molecule has 0 aromatic heterocycles. The summed E-state index contributed by atoms with van der Waals surface area (Å²) in [7, 11) is 0. The van der Waals surface area contributed by atoms with Crippen molar-refractivity contribution in [2.45, 2.75) is 65.2 Å². The molecular weight excluding hydrogens is 348 g/mol. The predicted octanol–water partition coefficient (Wildman–Crippen LogP) is 2.44.